The second kappa shape index (κ2) is 8.19. The van der Waals surface area contributed by atoms with Crippen LogP contribution in [0.5, 0.6) is 5.75 Å². The maximum atomic E-state index is 12.3. The molecule has 0 radical (unpaired) electrons. The first-order valence-electron chi connectivity index (χ1n) is 9.46. The molecule has 0 spiro atoms. The molecule has 0 aliphatic rings. The Labute approximate surface area is 169 Å². The van der Waals surface area contributed by atoms with E-state index >= 15 is 0 Å². The largest absolute Gasteiger partial charge is 0.485 e. The van der Waals surface area contributed by atoms with Crippen LogP contribution in [0.2, 0.25) is 0 Å². The fraction of sp³-hybridized carbons (Fsp3) is 0.167. The molecular weight excluding hydrogens is 364 g/mol. The summed E-state index contributed by atoms with van der Waals surface area (Å²) in [5.41, 5.74) is 5.99. The number of ether oxygens (including phenoxy) is 1. The number of ketones is 1. The number of Topliss-reactive ketones (excluding diaryl/α,β-unsaturated/α-hetero) is 1. The summed E-state index contributed by atoms with van der Waals surface area (Å²) in [5, 5.41) is 1.08. The molecular formula is C24H22N2O3. The predicted octanol–water partition coefficient (Wildman–Crippen LogP) is 5.11. The van der Waals surface area contributed by atoms with Crippen molar-refractivity contribution in [3.8, 4) is 16.9 Å². The Morgan fingerprint density at radius 3 is 2.93 bits per heavy atom. The van der Waals surface area contributed by atoms with Crippen LogP contribution in [0.25, 0.3) is 22.0 Å². The molecule has 0 saturated carbocycles. The zero-order valence-corrected chi connectivity index (χ0v) is 16.4. The number of aliphatic imine (C=N–C) groups is 1. The Morgan fingerprint density at radius 2 is 2.10 bits per heavy atom. The van der Waals surface area contributed by atoms with Crippen molar-refractivity contribution in [2.24, 2.45) is 4.99 Å². The minimum atomic E-state index is -0.0828. The number of carbonyl (C=O) groups is 1. The van der Waals surface area contributed by atoms with Crippen molar-refractivity contribution in [3.05, 3.63) is 77.9 Å². The number of furan rings is 1. The summed E-state index contributed by atoms with van der Waals surface area (Å²) in [7, 11) is 0. The summed E-state index contributed by atoms with van der Waals surface area (Å²) in [5.74, 6) is 0.618. The van der Waals surface area contributed by atoms with Crippen LogP contribution in [0, 0.1) is 13.8 Å². The number of nitrogens with zero attached hydrogens (tertiary/aromatic N) is 1. The van der Waals surface area contributed by atoms with Gasteiger partial charge in [-0.05, 0) is 49.2 Å². The second-order valence-electron chi connectivity index (χ2n) is 7.05. The van der Waals surface area contributed by atoms with Gasteiger partial charge in [-0.3, -0.25) is 9.79 Å². The zero-order chi connectivity index (χ0) is 20.2. The van der Waals surface area contributed by atoms with Crippen LogP contribution in [-0.2, 0) is 4.79 Å². The lowest BCUT2D eigenvalue weighted by atomic mass is 10.0. The number of aryl methyl sites for hydroxylation is 2. The zero-order valence-electron chi connectivity index (χ0n) is 16.4. The molecule has 0 aliphatic heterocycles. The lowest BCUT2D eigenvalue weighted by Gasteiger charge is -2.14. The number of hydrogen-bond donors (Lipinski definition) is 1. The quantitative estimate of drug-likeness (QED) is 0.449. The highest BCUT2D eigenvalue weighted by atomic mass is 16.5. The van der Waals surface area contributed by atoms with Gasteiger partial charge < -0.3 is 14.1 Å². The second-order valence-corrected chi connectivity index (χ2v) is 7.05. The number of hydrogen-bond acceptors (Lipinski definition) is 4. The topological polar surface area (TPSA) is 67.6 Å². The van der Waals surface area contributed by atoms with E-state index in [1.807, 2.05) is 62.5 Å². The lowest BCUT2D eigenvalue weighted by molar-refractivity contribution is -0.119. The molecule has 2 aromatic heterocycles. The molecule has 0 unspecified atom stereocenters. The van der Waals surface area contributed by atoms with Crippen LogP contribution in [0.15, 0.2) is 70.6 Å². The number of aromatic amines is 1. The van der Waals surface area contributed by atoms with Crippen molar-refractivity contribution in [2.45, 2.75) is 13.8 Å². The first kappa shape index (κ1) is 18.7. The van der Waals surface area contributed by atoms with Gasteiger partial charge in [0.2, 0.25) is 0 Å². The molecule has 2 heterocycles. The average Bonchev–Trinajstić information content (AvgIpc) is 3.39. The van der Waals surface area contributed by atoms with E-state index in [1.165, 1.54) is 0 Å². The van der Waals surface area contributed by atoms with Gasteiger partial charge in [0.15, 0.2) is 5.78 Å². The summed E-state index contributed by atoms with van der Waals surface area (Å²) in [6, 6.07) is 13.9. The van der Waals surface area contributed by atoms with Crippen molar-refractivity contribution < 1.29 is 13.9 Å². The van der Waals surface area contributed by atoms with Crippen molar-refractivity contribution >= 4 is 22.9 Å². The van der Waals surface area contributed by atoms with E-state index in [0.717, 1.165) is 38.7 Å². The van der Waals surface area contributed by atoms with Gasteiger partial charge >= 0.3 is 0 Å². The Hall–Kier alpha value is -3.60. The Kier molecular flexibility index (Phi) is 5.29. The Balaban J connectivity index is 1.43. The molecule has 4 aromatic rings. The van der Waals surface area contributed by atoms with Crippen molar-refractivity contribution in [3.63, 3.8) is 0 Å². The third kappa shape index (κ3) is 4.14. The monoisotopic (exact) mass is 386 g/mol. The van der Waals surface area contributed by atoms with Crippen LogP contribution >= 0.6 is 0 Å². The highest BCUT2D eigenvalue weighted by molar-refractivity contribution is 5.99. The highest BCUT2D eigenvalue weighted by Gasteiger charge is 2.13. The Morgan fingerprint density at radius 1 is 1.21 bits per heavy atom. The van der Waals surface area contributed by atoms with E-state index < -0.39 is 0 Å². The molecule has 1 N–H and O–H groups in total. The summed E-state index contributed by atoms with van der Waals surface area (Å²) >= 11 is 0. The molecule has 4 rings (SSSR count). The summed E-state index contributed by atoms with van der Waals surface area (Å²) in [6.45, 7) is 4.06. The minimum absolute atomic E-state index is 0.0273. The van der Waals surface area contributed by atoms with E-state index in [9.17, 15) is 4.79 Å². The van der Waals surface area contributed by atoms with Crippen LogP contribution in [0.1, 0.15) is 16.7 Å². The lowest BCUT2D eigenvalue weighted by Crippen LogP contribution is -2.15. The maximum Gasteiger partial charge on any atom is 0.191 e. The number of rotatable bonds is 7. The molecule has 0 amide bonds. The first-order valence-corrected chi connectivity index (χ1v) is 9.46. The summed E-state index contributed by atoms with van der Waals surface area (Å²) in [4.78, 5) is 19.8. The van der Waals surface area contributed by atoms with E-state index in [1.54, 1.807) is 18.7 Å². The molecule has 0 atom stereocenters. The fourth-order valence-electron chi connectivity index (χ4n) is 3.44. The SMILES string of the molecule is Cc1cc(C)c(OCC(=O)CN=Cc2cccc3[nH]ccc23)c(-c2ccoc2)c1. The predicted molar refractivity (Wildman–Crippen MR) is 115 cm³/mol. The fourth-order valence-corrected chi connectivity index (χ4v) is 3.44. The molecule has 29 heavy (non-hydrogen) atoms. The standard InChI is InChI=1S/C24H22N2O3/c1-16-10-17(2)24(22(11-16)19-7-9-28-14-19)29-15-20(27)13-25-12-18-4-3-5-23-21(18)6-8-26-23/h3-12,14,26H,13,15H2,1-2H3. The van der Waals surface area contributed by atoms with E-state index in [4.69, 9.17) is 9.15 Å². The molecule has 0 fully saturated rings. The molecule has 146 valence electrons. The van der Waals surface area contributed by atoms with Gasteiger partial charge in [0.05, 0.1) is 12.5 Å². The van der Waals surface area contributed by atoms with Crippen LogP contribution in [0.3, 0.4) is 0 Å². The Bertz CT molecular complexity index is 1170. The highest BCUT2D eigenvalue weighted by Crippen LogP contribution is 2.34. The summed E-state index contributed by atoms with van der Waals surface area (Å²) < 4.78 is 11.1. The number of benzene rings is 2. The third-order valence-electron chi connectivity index (χ3n) is 4.76. The number of H-pyrrole nitrogens is 1. The van der Waals surface area contributed by atoms with Crippen LogP contribution in [-0.4, -0.2) is 30.1 Å². The third-order valence-corrected chi connectivity index (χ3v) is 4.76. The molecule has 0 bridgehead atoms. The van der Waals surface area contributed by atoms with Crippen molar-refractivity contribution in [1.29, 1.82) is 0 Å². The van der Waals surface area contributed by atoms with Crippen molar-refractivity contribution in [2.75, 3.05) is 13.2 Å². The van der Waals surface area contributed by atoms with E-state index in [-0.39, 0.29) is 18.9 Å². The molecule has 0 saturated heterocycles. The van der Waals surface area contributed by atoms with Gasteiger partial charge in [-0.25, -0.2) is 0 Å². The number of aromatic nitrogens is 1. The molecule has 5 nitrogen and oxygen atoms in total. The molecule has 2 aromatic carbocycles. The van der Waals surface area contributed by atoms with Gasteiger partial charge in [-0.15, -0.1) is 0 Å². The van der Waals surface area contributed by atoms with Gasteiger partial charge in [0, 0.05) is 40.0 Å². The average molecular weight is 386 g/mol. The maximum absolute atomic E-state index is 12.3. The van der Waals surface area contributed by atoms with Gasteiger partial charge in [-0.1, -0.05) is 18.2 Å². The number of fused-ring (bicyclic) bond motifs is 1. The van der Waals surface area contributed by atoms with E-state index in [2.05, 4.69) is 9.98 Å². The minimum Gasteiger partial charge on any atom is -0.485 e. The smallest absolute Gasteiger partial charge is 0.191 e. The summed E-state index contributed by atoms with van der Waals surface area (Å²) in [6.07, 6.45) is 6.93. The van der Waals surface area contributed by atoms with Crippen molar-refractivity contribution in [1.82, 2.24) is 4.98 Å². The van der Waals surface area contributed by atoms with Crippen LogP contribution in [0.4, 0.5) is 0 Å². The molecule has 0 aliphatic carbocycles. The first-order chi connectivity index (χ1) is 14.1. The van der Waals surface area contributed by atoms with Crippen LogP contribution < -0.4 is 4.74 Å². The van der Waals surface area contributed by atoms with E-state index in [0.29, 0.717) is 5.75 Å². The van der Waals surface area contributed by atoms with Gasteiger partial charge in [-0.2, -0.15) is 0 Å². The number of nitrogens with one attached hydrogen (secondary N) is 1. The number of carbonyl (C=O) groups excluding carboxylic acids is 1. The van der Waals surface area contributed by atoms with Gasteiger partial charge in [0.1, 0.15) is 18.9 Å². The normalized spacial score (nSPS) is 11.4. The molecule has 5 heteroatoms. The van der Waals surface area contributed by atoms with Gasteiger partial charge in [0.25, 0.3) is 0 Å².